The number of benzene rings is 1. The summed E-state index contributed by atoms with van der Waals surface area (Å²) >= 11 is 1.54. The van der Waals surface area contributed by atoms with Crippen molar-refractivity contribution in [1.29, 1.82) is 0 Å². The second-order valence-corrected chi connectivity index (χ2v) is 10.9. The lowest BCUT2D eigenvalue weighted by molar-refractivity contribution is -0.112. The largest absolute Gasteiger partial charge is 0.493 e. The molecular weight excluding hydrogens is 515 g/mol. The van der Waals surface area contributed by atoms with Crippen molar-refractivity contribution in [3.05, 3.63) is 70.3 Å². The molecule has 0 saturated heterocycles. The molecule has 2 rings (SSSR count). The zero-order chi connectivity index (χ0) is 28.8. The van der Waals surface area contributed by atoms with Gasteiger partial charge in [0.1, 0.15) is 12.3 Å². The number of nitrogens with two attached hydrogens (primary N) is 1. The maximum atomic E-state index is 13.9. The summed E-state index contributed by atoms with van der Waals surface area (Å²) in [5, 5.41) is 7.00. The Morgan fingerprint density at radius 2 is 1.97 bits per heavy atom. The summed E-state index contributed by atoms with van der Waals surface area (Å²) in [5.41, 5.74) is 5.45. The van der Waals surface area contributed by atoms with Gasteiger partial charge in [0.15, 0.2) is 11.5 Å². The predicted molar refractivity (Wildman–Crippen MR) is 160 cm³/mol. The number of amides is 1. The molecule has 9 heteroatoms. The summed E-state index contributed by atoms with van der Waals surface area (Å²) in [6, 6.07) is 7.45. The van der Waals surface area contributed by atoms with E-state index in [1.165, 1.54) is 26.7 Å². The molecule has 0 bridgehead atoms. The molecule has 216 valence electrons. The number of rotatable bonds is 16. The topological polar surface area (TPSA) is 88.9 Å². The standard InChI is InChI=1S/C30H45FN4O3S/c1-7-9-16-35(15-8-2)17-18-38-25-14-13-22(19-26(25)37-6)29(33-5)39-24-12-10-11-23(20-24)34-28(36)21-27(32)30(3,4)31/h10-12,14,19-21,33H,7-9,13,15-18,32H2,1-6H3,(H,34,36)/b27-21?,29-22-. The highest BCUT2D eigenvalue weighted by Crippen LogP contribution is 2.33. The number of methoxy groups -OCH3 is 1. The van der Waals surface area contributed by atoms with Crippen LogP contribution >= 0.6 is 11.8 Å². The zero-order valence-corrected chi connectivity index (χ0v) is 25.1. The van der Waals surface area contributed by atoms with Crippen molar-refractivity contribution in [3.8, 4) is 0 Å². The number of alkyl halides is 1. The number of ether oxygens (including phenoxy) is 2. The van der Waals surface area contributed by atoms with Crippen molar-refractivity contribution in [2.24, 2.45) is 5.73 Å². The maximum Gasteiger partial charge on any atom is 0.250 e. The van der Waals surface area contributed by atoms with E-state index in [9.17, 15) is 9.18 Å². The molecule has 39 heavy (non-hydrogen) atoms. The van der Waals surface area contributed by atoms with Crippen LogP contribution in [0.3, 0.4) is 0 Å². The van der Waals surface area contributed by atoms with Gasteiger partial charge in [-0.05, 0) is 82.1 Å². The van der Waals surface area contributed by atoms with E-state index in [2.05, 4.69) is 35.5 Å². The van der Waals surface area contributed by atoms with Crippen LogP contribution in [0.1, 0.15) is 53.4 Å². The normalized spacial score (nSPS) is 15.4. The van der Waals surface area contributed by atoms with Crippen molar-refractivity contribution >= 4 is 23.4 Å². The fraction of sp³-hybridized carbons (Fsp3) is 0.500. The van der Waals surface area contributed by atoms with Gasteiger partial charge < -0.3 is 25.8 Å². The van der Waals surface area contributed by atoms with E-state index >= 15 is 0 Å². The van der Waals surface area contributed by atoms with Gasteiger partial charge in [-0.2, -0.15) is 0 Å². The lowest BCUT2D eigenvalue weighted by atomic mass is 10.1. The molecule has 0 spiro atoms. The average molecular weight is 561 g/mol. The van der Waals surface area contributed by atoms with Crippen LogP contribution in [0.2, 0.25) is 0 Å². The van der Waals surface area contributed by atoms with Crippen LogP contribution in [0.5, 0.6) is 0 Å². The average Bonchev–Trinajstić information content (AvgIpc) is 2.90. The van der Waals surface area contributed by atoms with Gasteiger partial charge in [0.25, 0.3) is 0 Å². The molecule has 1 amide bonds. The van der Waals surface area contributed by atoms with Crippen molar-refractivity contribution in [2.75, 3.05) is 45.7 Å². The minimum absolute atomic E-state index is 0.128. The van der Waals surface area contributed by atoms with E-state index in [1.54, 1.807) is 24.9 Å². The number of unbranched alkanes of at least 4 members (excludes halogenated alkanes) is 1. The Balaban J connectivity index is 2.07. The van der Waals surface area contributed by atoms with Crippen molar-refractivity contribution in [1.82, 2.24) is 10.2 Å². The Hall–Kier alpha value is -2.91. The van der Waals surface area contributed by atoms with Crippen LogP contribution in [-0.2, 0) is 14.3 Å². The van der Waals surface area contributed by atoms with E-state index in [0.717, 1.165) is 53.4 Å². The fourth-order valence-electron chi connectivity index (χ4n) is 3.88. The van der Waals surface area contributed by atoms with Gasteiger partial charge >= 0.3 is 0 Å². The molecule has 4 N–H and O–H groups in total. The second kappa shape index (κ2) is 16.3. The van der Waals surface area contributed by atoms with E-state index in [1.807, 2.05) is 31.3 Å². The number of carbonyl (C=O) groups excluding carboxylic acids is 1. The second-order valence-electron chi connectivity index (χ2n) is 9.82. The van der Waals surface area contributed by atoms with Gasteiger partial charge in [-0.15, -0.1) is 0 Å². The molecule has 1 aliphatic rings. The fourth-order valence-corrected chi connectivity index (χ4v) is 4.82. The molecule has 7 nitrogen and oxygen atoms in total. The molecular formula is C30H45FN4O3S. The number of allylic oxidation sites excluding steroid dienone is 4. The summed E-state index contributed by atoms with van der Waals surface area (Å²) in [7, 11) is 3.53. The van der Waals surface area contributed by atoms with E-state index in [0.29, 0.717) is 24.5 Å². The minimum Gasteiger partial charge on any atom is -0.493 e. The predicted octanol–water partition coefficient (Wildman–Crippen LogP) is 6.09. The number of anilines is 1. The maximum absolute atomic E-state index is 13.9. The first-order valence-corrected chi connectivity index (χ1v) is 14.4. The lowest BCUT2D eigenvalue weighted by Gasteiger charge is -2.23. The molecule has 1 aliphatic carbocycles. The molecule has 0 heterocycles. The number of thioether (sulfide) groups is 1. The third-order valence-corrected chi connectivity index (χ3v) is 7.28. The molecule has 1 aromatic rings. The van der Waals surface area contributed by atoms with Gasteiger partial charge in [-0.3, -0.25) is 9.69 Å². The molecule has 1 aromatic carbocycles. The van der Waals surface area contributed by atoms with Crippen molar-refractivity contribution in [3.63, 3.8) is 0 Å². The molecule has 0 unspecified atom stereocenters. The molecule has 0 aromatic heterocycles. The van der Waals surface area contributed by atoms with Crippen LogP contribution in [-0.4, -0.2) is 56.9 Å². The third kappa shape index (κ3) is 11.0. The summed E-state index contributed by atoms with van der Waals surface area (Å²) in [5.74, 6) is 0.983. The van der Waals surface area contributed by atoms with E-state index < -0.39 is 11.6 Å². The SMILES string of the molecule is CCCCN(CCC)CCOC1=CC/C(=C(\NC)Sc2cccc(NC(=O)C=C(N)C(C)(C)F)c2)C=C1OC. The van der Waals surface area contributed by atoms with Gasteiger partial charge in [-0.25, -0.2) is 4.39 Å². The minimum atomic E-state index is -1.76. The van der Waals surface area contributed by atoms with Crippen molar-refractivity contribution in [2.45, 2.75) is 63.9 Å². The Kier molecular flexibility index (Phi) is 13.5. The number of nitrogens with one attached hydrogen (secondary N) is 2. The summed E-state index contributed by atoms with van der Waals surface area (Å²) in [6.45, 7) is 10.7. The Labute approximate surface area is 237 Å². The van der Waals surface area contributed by atoms with Crippen LogP contribution in [0.4, 0.5) is 10.1 Å². The monoisotopic (exact) mass is 560 g/mol. The number of halogens is 1. The zero-order valence-electron chi connectivity index (χ0n) is 24.2. The third-order valence-electron chi connectivity index (χ3n) is 6.12. The molecule has 0 atom stereocenters. The van der Waals surface area contributed by atoms with Gasteiger partial charge in [0.05, 0.1) is 17.8 Å². The first-order chi connectivity index (χ1) is 18.6. The van der Waals surface area contributed by atoms with Crippen LogP contribution in [0.25, 0.3) is 0 Å². The molecule has 0 radical (unpaired) electrons. The Morgan fingerprint density at radius 3 is 2.62 bits per heavy atom. The first-order valence-electron chi connectivity index (χ1n) is 13.6. The molecule has 0 fully saturated rings. The van der Waals surface area contributed by atoms with Crippen molar-refractivity contribution < 1.29 is 18.7 Å². The van der Waals surface area contributed by atoms with Crippen LogP contribution < -0.4 is 16.4 Å². The summed E-state index contributed by atoms with van der Waals surface area (Å²) in [4.78, 5) is 15.7. The molecule has 0 aliphatic heterocycles. The lowest BCUT2D eigenvalue weighted by Crippen LogP contribution is -2.29. The van der Waals surface area contributed by atoms with E-state index in [-0.39, 0.29) is 5.70 Å². The summed E-state index contributed by atoms with van der Waals surface area (Å²) in [6.07, 6.45) is 9.36. The van der Waals surface area contributed by atoms with Gasteiger partial charge in [0, 0.05) is 30.3 Å². The van der Waals surface area contributed by atoms with Gasteiger partial charge in [0.2, 0.25) is 5.91 Å². The molecule has 0 saturated carbocycles. The van der Waals surface area contributed by atoms with Crippen LogP contribution in [0.15, 0.2) is 75.2 Å². The number of carbonyl (C=O) groups is 1. The quantitative estimate of drug-likeness (QED) is 0.167. The first kappa shape index (κ1) is 32.3. The number of hydrogen-bond acceptors (Lipinski definition) is 7. The number of hydrogen-bond donors (Lipinski definition) is 3. The smallest absolute Gasteiger partial charge is 0.250 e. The summed E-state index contributed by atoms with van der Waals surface area (Å²) < 4.78 is 25.7. The highest BCUT2D eigenvalue weighted by Gasteiger charge is 2.20. The van der Waals surface area contributed by atoms with Gasteiger partial charge in [-0.1, -0.05) is 38.1 Å². The Bertz CT molecular complexity index is 1080. The highest BCUT2D eigenvalue weighted by molar-refractivity contribution is 8.03. The number of nitrogens with zero attached hydrogens (tertiary/aromatic N) is 1. The Morgan fingerprint density at radius 1 is 1.21 bits per heavy atom. The van der Waals surface area contributed by atoms with Crippen LogP contribution in [0, 0.1) is 0 Å². The highest BCUT2D eigenvalue weighted by atomic mass is 32.2. The van der Waals surface area contributed by atoms with E-state index in [4.69, 9.17) is 15.2 Å².